The molecule has 4 heteroatoms. The van der Waals surface area contributed by atoms with Gasteiger partial charge in [0.05, 0.1) is 0 Å². The Morgan fingerprint density at radius 2 is 2.53 bits per heavy atom. The number of amides is 1. The van der Waals surface area contributed by atoms with Crippen LogP contribution in [0.1, 0.15) is 23.8 Å². The van der Waals surface area contributed by atoms with E-state index < -0.39 is 0 Å². The van der Waals surface area contributed by atoms with Gasteiger partial charge in [-0.25, -0.2) is 0 Å². The van der Waals surface area contributed by atoms with Crippen LogP contribution in [0.4, 0.5) is 0 Å². The van der Waals surface area contributed by atoms with Crippen molar-refractivity contribution in [3.63, 3.8) is 0 Å². The number of hydrogen-bond donors (Lipinski definition) is 2. The summed E-state index contributed by atoms with van der Waals surface area (Å²) in [5, 5.41) is 0. The number of nitrogens with zero attached hydrogens (tertiary/aromatic N) is 1. The molecule has 0 aliphatic carbocycles. The number of carbonyl (C=O) groups excluding carboxylic acids is 1. The van der Waals surface area contributed by atoms with Crippen LogP contribution in [0.15, 0.2) is 18.3 Å². The third kappa shape index (κ3) is 2.04. The number of carbonyl (C=O) groups is 1. The number of nitrogens with one attached hydrogen (secondary N) is 1. The van der Waals surface area contributed by atoms with E-state index in [2.05, 4.69) is 4.98 Å². The summed E-state index contributed by atoms with van der Waals surface area (Å²) in [7, 11) is 0. The lowest BCUT2D eigenvalue weighted by atomic mass is 10.0. The van der Waals surface area contributed by atoms with Gasteiger partial charge < -0.3 is 15.6 Å². The monoisotopic (exact) mass is 207 g/mol. The molecule has 0 aromatic carbocycles. The maximum atomic E-state index is 11.9. The van der Waals surface area contributed by atoms with Crippen molar-refractivity contribution in [2.75, 3.05) is 13.1 Å². The lowest BCUT2D eigenvalue weighted by Gasteiger charge is -2.17. The summed E-state index contributed by atoms with van der Waals surface area (Å²) >= 11 is 0. The van der Waals surface area contributed by atoms with Gasteiger partial charge in [0.15, 0.2) is 0 Å². The fourth-order valence-electron chi connectivity index (χ4n) is 2.03. The Morgan fingerprint density at radius 1 is 1.73 bits per heavy atom. The number of aromatic amines is 1. The van der Waals surface area contributed by atoms with E-state index in [-0.39, 0.29) is 11.9 Å². The maximum absolute atomic E-state index is 11.9. The molecule has 1 aromatic rings. The van der Waals surface area contributed by atoms with Crippen LogP contribution in [0, 0.1) is 5.92 Å². The normalized spacial score (nSPS) is 23.1. The molecule has 0 bridgehead atoms. The van der Waals surface area contributed by atoms with E-state index in [1.807, 2.05) is 24.0 Å². The first-order valence-corrected chi connectivity index (χ1v) is 5.36. The molecule has 1 aromatic heterocycles. The Morgan fingerprint density at radius 3 is 3.07 bits per heavy atom. The van der Waals surface area contributed by atoms with E-state index in [9.17, 15) is 4.79 Å². The lowest BCUT2D eigenvalue weighted by molar-refractivity contribution is 0.0781. The van der Waals surface area contributed by atoms with Crippen LogP contribution in [0.3, 0.4) is 0 Å². The van der Waals surface area contributed by atoms with Gasteiger partial charge >= 0.3 is 0 Å². The highest BCUT2D eigenvalue weighted by molar-refractivity contribution is 5.92. The molecular weight excluding hydrogens is 190 g/mol. The highest BCUT2D eigenvalue weighted by Crippen LogP contribution is 2.20. The Kier molecular flexibility index (Phi) is 2.77. The third-order valence-corrected chi connectivity index (χ3v) is 3.08. The molecule has 4 nitrogen and oxygen atoms in total. The summed E-state index contributed by atoms with van der Waals surface area (Å²) in [4.78, 5) is 16.7. The van der Waals surface area contributed by atoms with Gasteiger partial charge in [0.2, 0.25) is 0 Å². The van der Waals surface area contributed by atoms with Crippen molar-refractivity contribution < 1.29 is 4.79 Å². The van der Waals surface area contributed by atoms with Crippen molar-refractivity contribution in [1.29, 1.82) is 0 Å². The lowest BCUT2D eigenvalue weighted by Crippen LogP contribution is -2.33. The molecule has 1 aliphatic heterocycles. The van der Waals surface area contributed by atoms with Crippen molar-refractivity contribution in [3.8, 4) is 0 Å². The smallest absolute Gasteiger partial charge is 0.270 e. The average molecular weight is 207 g/mol. The largest absolute Gasteiger partial charge is 0.357 e. The van der Waals surface area contributed by atoms with Crippen molar-refractivity contribution >= 4 is 5.91 Å². The van der Waals surface area contributed by atoms with Gasteiger partial charge in [-0.15, -0.1) is 0 Å². The SMILES string of the molecule is CC(N)C1CCN(C(=O)c2ccc[nH]2)C1. The molecule has 15 heavy (non-hydrogen) atoms. The van der Waals surface area contributed by atoms with E-state index in [0.29, 0.717) is 11.6 Å². The first kappa shape index (κ1) is 10.2. The second-order valence-electron chi connectivity index (χ2n) is 4.24. The Labute approximate surface area is 89.5 Å². The molecule has 1 amide bonds. The summed E-state index contributed by atoms with van der Waals surface area (Å²) in [6, 6.07) is 3.82. The number of nitrogens with two attached hydrogens (primary N) is 1. The zero-order valence-corrected chi connectivity index (χ0v) is 8.94. The standard InChI is InChI=1S/C11H17N3O/c1-8(12)9-4-6-14(7-9)11(15)10-3-2-5-13-10/h2-3,5,8-9,13H,4,6-7,12H2,1H3. The Balaban J connectivity index is 1.99. The summed E-state index contributed by atoms with van der Waals surface area (Å²) in [5.74, 6) is 0.534. The van der Waals surface area contributed by atoms with E-state index in [1.54, 1.807) is 6.20 Å². The van der Waals surface area contributed by atoms with Gasteiger partial charge in [-0.3, -0.25) is 4.79 Å². The summed E-state index contributed by atoms with van der Waals surface area (Å²) in [6.45, 7) is 3.62. The van der Waals surface area contributed by atoms with Crippen LogP contribution >= 0.6 is 0 Å². The van der Waals surface area contributed by atoms with Crippen LogP contribution in [0.5, 0.6) is 0 Å². The number of hydrogen-bond acceptors (Lipinski definition) is 2. The number of aromatic nitrogens is 1. The molecule has 2 rings (SSSR count). The minimum atomic E-state index is 0.0863. The minimum Gasteiger partial charge on any atom is -0.357 e. The van der Waals surface area contributed by atoms with Gasteiger partial charge in [-0.2, -0.15) is 0 Å². The van der Waals surface area contributed by atoms with Gasteiger partial charge in [0.1, 0.15) is 5.69 Å². The van der Waals surface area contributed by atoms with Crippen molar-refractivity contribution in [2.24, 2.45) is 11.7 Å². The molecule has 2 heterocycles. The first-order chi connectivity index (χ1) is 7.18. The van der Waals surface area contributed by atoms with Crippen molar-refractivity contribution in [1.82, 2.24) is 9.88 Å². The van der Waals surface area contributed by atoms with Crippen LogP contribution < -0.4 is 5.73 Å². The number of rotatable bonds is 2. The molecular formula is C11H17N3O. The van der Waals surface area contributed by atoms with Gasteiger partial charge in [0, 0.05) is 25.3 Å². The summed E-state index contributed by atoms with van der Waals surface area (Å²) in [6.07, 6.45) is 2.79. The molecule has 0 spiro atoms. The summed E-state index contributed by atoms with van der Waals surface area (Å²) < 4.78 is 0. The highest BCUT2D eigenvalue weighted by atomic mass is 16.2. The van der Waals surface area contributed by atoms with E-state index in [1.165, 1.54) is 0 Å². The van der Waals surface area contributed by atoms with Crippen LogP contribution in [-0.4, -0.2) is 34.9 Å². The minimum absolute atomic E-state index is 0.0863. The Bertz CT molecular complexity index is 332. The molecule has 1 saturated heterocycles. The van der Waals surface area contributed by atoms with Crippen molar-refractivity contribution in [2.45, 2.75) is 19.4 Å². The molecule has 0 saturated carbocycles. The molecule has 0 radical (unpaired) electrons. The summed E-state index contributed by atoms with van der Waals surface area (Å²) in [5.41, 5.74) is 6.50. The molecule has 1 fully saturated rings. The van der Waals surface area contributed by atoms with Gasteiger partial charge in [0.25, 0.3) is 5.91 Å². The highest BCUT2D eigenvalue weighted by Gasteiger charge is 2.29. The molecule has 1 aliphatic rings. The Hall–Kier alpha value is -1.29. The van der Waals surface area contributed by atoms with Gasteiger partial charge in [-0.05, 0) is 31.4 Å². The van der Waals surface area contributed by atoms with Crippen molar-refractivity contribution in [3.05, 3.63) is 24.0 Å². The second-order valence-corrected chi connectivity index (χ2v) is 4.24. The predicted molar refractivity (Wildman–Crippen MR) is 58.5 cm³/mol. The quantitative estimate of drug-likeness (QED) is 0.754. The first-order valence-electron chi connectivity index (χ1n) is 5.36. The maximum Gasteiger partial charge on any atom is 0.270 e. The van der Waals surface area contributed by atoms with E-state index in [4.69, 9.17) is 5.73 Å². The van der Waals surface area contributed by atoms with Gasteiger partial charge in [-0.1, -0.05) is 0 Å². The molecule has 3 N–H and O–H groups in total. The fraction of sp³-hybridized carbons (Fsp3) is 0.545. The second kappa shape index (κ2) is 4.06. The number of H-pyrrole nitrogens is 1. The zero-order chi connectivity index (χ0) is 10.8. The third-order valence-electron chi connectivity index (χ3n) is 3.08. The van der Waals surface area contributed by atoms with E-state index in [0.717, 1.165) is 19.5 Å². The molecule has 82 valence electrons. The topological polar surface area (TPSA) is 62.1 Å². The fourth-order valence-corrected chi connectivity index (χ4v) is 2.03. The molecule has 2 atom stereocenters. The zero-order valence-electron chi connectivity index (χ0n) is 8.94. The van der Waals surface area contributed by atoms with Crippen LogP contribution in [0.25, 0.3) is 0 Å². The van der Waals surface area contributed by atoms with E-state index >= 15 is 0 Å². The van der Waals surface area contributed by atoms with Crippen LogP contribution in [0.2, 0.25) is 0 Å². The average Bonchev–Trinajstić information content (AvgIpc) is 2.88. The molecule has 2 unspecified atom stereocenters. The predicted octanol–water partition coefficient (Wildman–Crippen LogP) is 0.824. The number of likely N-dealkylation sites (tertiary alicyclic amines) is 1. The van der Waals surface area contributed by atoms with Crippen LogP contribution in [-0.2, 0) is 0 Å².